The molecule has 120 valence electrons. The lowest BCUT2D eigenvalue weighted by Gasteiger charge is -2.40. The number of hydrogen-bond acceptors (Lipinski definition) is 4. The Morgan fingerprint density at radius 1 is 1.09 bits per heavy atom. The highest BCUT2D eigenvalue weighted by Crippen LogP contribution is 2.52. The molecule has 0 aromatic carbocycles. The molecule has 2 heterocycles. The van der Waals surface area contributed by atoms with Gasteiger partial charge in [-0.15, -0.1) is 10.2 Å². The van der Waals surface area contributed by atoms with Crippen LogP contribution in [0.3, 0.4) is 0 Å². The molecule has 2 fully saturated rings. The van der Waals surface area contributed by atoms with Gasteiger partial charge in [0.05, 0.1) is 0 Å². The van der Waals surface area contributed by atoms with Gasteiger partial charge in [0.2, 0.25) is 0 Å². The van der Waals surface area contributed by atoms with Crippen molar-refractivity contribution >= 4 is 17.4 Å². The van der Waals surface area contributed by atoms with Crippen molar-refractivity contribution in [1.29, 1.82) is 0 Å². The van der Waals surface area contributed by atoms with Crippen molar-refractivity contribution in [3.8, 4) is 0 Å². The lowest BCUT2D eigenvalue weighted by molar-refractivity contribution is 0.226. The number of hydrogen-bond donors (Lipinski definition) is 1. The van der Waals surface area contributed by atoms with Crippen molar-refractivity contribution in [1.82, 2.24) is 15.1 Å². The average Bonchev–Trinajstić information content (AvgIpc) is 2.58. The van der Waals surface area contributed by atoms with Crippen molar-refractivity contribution in [2.45, 2.75) is 63.3 Å². The van der Waals surface area contributed by atoms with Crippen LogP contribution in [0.15, 0.2) is 0 Å². The first-order chi connectivity index (χ1) is 10.8. The molecule has 0 spiro atoms. The number of piperidine rings is 1. The number of nitrogens with zero attached hydrogens (tertiary/aromatic N) is 3. The summed E-state index contributed by atoms with van der Waals surface area (Å²) in [5.74, 6) is 2.28. The molecule has 5 rings (SSSR count). The Bertz CT molecular complexity index is 554. The summed E-state index contributed by atoms with van der Waals surface area (Å²) in [6, 6.07) is 0.494. The van der Waals surface area contributed by atoms with Gasteiger partial charge < -0.3 is 10.2 Å². The zero-order valence-corrected chi connectivity index (χ0v) is 14.1. The summed E-state index contributed by atoms with van der Waals surface area (Å²) in [7, 11) is 0. The topological polar surface area (TPSA) is 41.0 Å². The minimum atomic E-state index is 0.494. The third-order valence-corrected chi connectivity index (χ3v) is 6.12. The molecule has 1 aliphatic heterocycles. The summed E-state index contributed by atoms with van der Waals surface area (Å²) in [6.45, 7) is 5.71. The molecule has 5 heteroatoms. The highest BCUT2D eigenvalue weighted by atomic mass is 35.5. The van der Waals surface area contributed by atoms with Crippen molar-refractivity contribution < 1.29 is 0 Å². The van der Waals surface area contributed by atoms with Crippen molar-refractivity contribution in [2.24, 2.45) is 0 Å². The van der Waals surface area contributed by atoms with E-state index in [2.05, 4.69) is 27.3 Å². The summed E-state index contributed by atoms with van der Waals surface area (Å²) < 4.78 is 0. The first-order valence-corrected chi connectivity index (χ1v) is 9.19. The Kier molecular flexibility index (Phi) is 3.99. The highest BCUT2D eigenvalue weighted by Gasteiger charge is 2.38. The van der Waals surface area contributed by atoms with Gasteiger partial charge >= 0.3 is 0 Å². The van der Waals surface area contributed by atoms with Gasteiger partial charge in [-0.1, -0.05) is 18.5 Å². The van der Waals surface area contributed by atoms with Crippen LogP contribution < -0.4 is 5.32 Å². The van der Waals surface area contributed by atoms with Crippen molar-refractivity contribution in [3.05, 3.63) is 16.3 Å². The molecule has 4 aliphatic rings. The molecule has 1 saturated heterocycles. The van der Waals surface area contributed by atoms with Crippen LogP contribution in [0.5, 0.6) is 0 Å². The Morgan fingerprint density at radius 3 is 2.55 bits per heavy atom. The van der Waals surface area contributed by atoms with Gasteiger partial charge in [0.1, 0.15) is 0 Å². The van der Waals surface area contributed by atoms with E-state index >= 15 is 0 Å². The fraction of sp³-hybridized carbons (Fsp3) is 0.765. The summed E-state index contributed by atoms with van der Waals surface area (Å²) in [5.41, 5.74) is 2.71. The summed E-state index contributed by atoms with van der Waals surface area (Å²) in [5, 5.41) is 13.1. The number of likely N-dealkylation sites (tertiary alicyclic amines) is 1. The highest BCUT2D eigenvalue weighted by molar-refractivity contribution is 6.30. The molecule has 22 heavy (non-hydrogen) atoms. The average molecular weight is 321 g/mol. The number of halogens is 1. The maximum Gasteiger partial charge on any atom is 0.155 e. The quantitative estimate of drug-likeness (QED) is 0.920. The molecular formula is C17H25ClN4. The first kappa shape index (κ1) is 14.7. The number of anilines is 1. The van der Waals surface area contributed by atoms with E-state index in [4.69, 9.17) is 11.6 Å². The molecule has 3 aliphatic carbocycles. The standard InChI is InChI=1S/C17H25ClN4/c1-2-22-9-3-4-13(10-22)19-17-15-12-7-5-11(6-8-12)14(15)16(18)20-21-17/h11-13H,2-10H2,1H3,(H,19,21)/t11?,12?,13-/m1/s1. The number of fused-ring (bicyclic) bond motifs is 2. The molecule has 1 saturated carbocycles. The van der Waals surface area contributed by atoms with Gasteiger partial charge in [0.15, 0.2) is 11.0 Å². The molecule has 1 aromatic rings. The molecular weight excluding hydrogens is 296 g/mol. The van der Waals surface area contributed by atoms with Gasteiger partial charge in [-0.3, -0.25) is 0 Å². The van der Waals surface area contributed by atoms with E-state index < -0.39 is 0 Å². The second kappa shape index (κ2) is 5.97. The van der Waals surface area contributed by atoms with Crippen LogP contribution in [-0.2, 0) is 0 Å². The van der Waals surface area contributed by atoms with E-state index in [9.17, 15) is 0 Å². The zero-order valence-electron chi connectivity index (χ0n) is 13.3. The number of aromatic nitrogens is 2. The third-order valence-electron chi connectivity index (χ3n) is 5.84. The largest absolute Gasteiger partial charge is 0.364 e. The van der Waals surface area contributed by atoms with Gasteiger partial charge in [0.25, 0.3) is 0 Å². The molecule has 0 radical (unpaired) electrons. The maximum absolute atomic E-state index is 6.39. The smallest absolute Gasteiger partial charge is 0.155 e. The van der Waals surface area contributed by atoms with E-state index in [1.165, 1.54) is 56.2 Å². The third kappa shape index (κ3) is 2.50. The molecule has 1 aromatic heterocycles. The summed E-state index contributed by atoms with van der Waals surface area (Å²) in [6.07, 6.45) is 7.62. The minimum absolute atomic E-state index is 0.494. The van der Waals surface area contributed by atoms with Crippen LogP contribution in [0.25, 0.3) is 0 Å². The normalized spacial score (nSPS) is 31.1. The lowest BCUT2D eigenvalue weighted by atomic mass is 9.67. The lowest BCUT2D eigenvalue weighted by Crippen LogP contribution is -2.42. The Morgan fingerprint density at radius 2 is 1.82 bits per heavy atom. The molecule has 1 N–H and O–H groups in total. The van der Waals surface area contributed by atoms with Crippen LogP contribution >= 0.6 is 11.6 Å². The van der Waals surface area contributed by atoms with Crippen molar-refractivity contribution in [3.63, 3.8) is 0 Å². The van der Waals surface area contributed by atoms with Crippen LogP contribution in [0.1, 0.15) is 68.4 Å². The molecule has 1 atom stereocenters. The Hall–Kier alpha value is -0.870. The second-order valence-corrected chi connectivity index (χ2v) is 7.45. The Balaban J connectivity index is 1.62. The van der Waals surface area contributed by atoms with E-state index in [-0.39, 0.29) is 0 Å². The van der Waals surface area contributed by atoms with E-state index in [0.29, 0.717) is 23.0 Å². The first-order valence-electron chi connectivity index (χ1n) is 8.81. The van der Waals surface area contributed by atoms with Crippen LogP contribution in [-0.4, -0.2) is 40.8 Å². The summed E-state index contributed by atoms with van der Waals surface area (Å²) in [4.78, 5) is 2.52. The maximum atomic E-state index is 6.39. The predicted molar refractivity (Wildman–Crippen MR) is 89.8 cm³/mol. The summed E-state index contributed by atoms with van der Waals surface area (Å²) >= 11 is 6.39. The van der Waals surface area contributed by atoms with Gasteiger partial charge in [-0.2, -0.15) is 0 Å². The van der Waals surface area contributed by atoms with E-state index in [0.717, 1.165) is 18.9 Å². The van der Waals surface area contributed by atoms with Crippen molar-refractivity contribution in [2.75, 3.05) is 25.0 Å². The minimum Gasteiger partial charge on any atom is -0.364 e. The number of likely N-dealkylation sites (N-methyl/N-ethyl adjacent to an activating group) is 1. The van der Waals surface area contributed by atoms with Gasteiger partial charge in [0, 0.05) is 23.7 Å². The fourth-order valence-electron chi connectivity index (χ4n) is 4.67. The zero-order chi connectivity index (χ0) is 15.1. The van der Waals surface area contributed by atoms with Crippen LogP contribution in [0.2, 0.25) is 5.15 Å². The van der Waals surface area contributed by atoms with Gasteiger partial charge in [-0.05, 0) is 63.5 Å². The van der Waals surface area contributed by atoms with E-state index in [1.54, 1.807) is 0 Å². The predicted octanol–water partition coefficient (Wildman–Crippen LogP) is 3.78. The second-order valence-electron chi connectivity index (χ2n) is 7.09. The SMILES string of the molecule is CCN1CCC[C@@H](Nc2nnc(Cl)c3c2C2CCC3CC2)C1. The molecule has 2 bridgehead atoms. The number of nitrogens with one attached hydrogen (secondary N) is 1. The molecule has 0 amide bonds. The monoisotopic (exact) mass is 320 g/mol. The van der Waals surface area contributed by atoms with Crippen LogP contribution in [0.4, 0.5) is 5.82 Å². The van der Waals surface area contributed by atoms with E-state index in [1.807, 2.05) is 0 Å². The van der Waals surface area contributed by atoms with Crippen LogP contribution in [0, 0.1) is 0 Å². The Labute approximate surface area is 137 Å². The molecule has 4 nitrogen and oxygen atoms in total. The van der Waals surface area contributed by atoms with Gasteiger partial charge in [-0.25, -0.2) is 0 Å². The number of rotatable bonds is 3. The molecule has 0 unspecified atom stereocenters. The fourth-order valence-corrected chi connectivity index (χ4v) is 4.97.